The Balaban J connectivity index is 1.49. The quantitative estimate of drug-likeness (QED) is 0.280. The van der Waals surface area contributed by atoms with Crippen molar-refractivity contribution >= 4 is 45.9 Å². The van der Waals surface area contributed by atoms with Crippen LogP contribution in [-0.4, -0.2) is 21.9 Å². The van der Waals surface area contributed by atoms with Crippen LogP contribution in [0.25, 0.3) is 0 Å². The van der Waals surface area contributed by atoms with E-state index in [1.807, 2.05) is 36.4 Å². The SMILES string of the molecule is CCc1ccc(OCc2nnc(SCC(=O)Nc3ccc(I)cc3C(C)C)o2)cc1. The molecule has 1 amide bonds. The number of carbonyl (C=O) groups is 1. The van der Waals surface area contributed by atoms with E-state index in [2.05, 4.69) is 64.9 Å². The lowest BCUT2D eigenvalue weighted by atomic mass is 10.0. The lowest BCUT2D eigenvalue weighted by molar-refractivity contribution is -0.113. The van der Waals surface area contributed by atoms with E-state index in [1.165, 1.54) is 17.3 Å². The summed E-state index contributed by atoms with van der Waals surface area (Å²) in [7, 11) is 0. The number of carbonyl (C=O) groups excluding carboxylic acids is 1. The van der Waals surface area contributed by atoms with E-state index < -0.39 is 0 Å². The van der Waals surface area contributed by atoms with Gasteiger partial charge in [0.2, 0.25) is 5.91 Å². The van der Waals surface area contributed by atoms with Gasteiger partial charge in [-0.05, 0) is 76.4 Å². The third-order valence-corrected chi connectivity index (χ3v) is 5.87. The molecule has 30 heavy (non-hydrogen) atoms. The number of aromatic nitrogens is 2. The van der Waals surface area contributed by atoms with E-state index in [0.717, 1.165) is 27.0 Å². The summed E-state index contributed by atoms with van der Waals surface area (Å²) >= 11 is 3.48. The van der Waals surface area contributed by atoms with Crippen LogP contribution in [0.3, 0.4) is 0 Å². The van der Waals surface area contributed by atoms with E-state index in [4.69, 9.17) is 9.15 Å². The second-order valence-corrected chi connectivity index (χ2v) is 9.14. The van der Waals surface area contributed by atoms with Gasteiger partial charge in [0, 0.05) is 9.26 Å². The van der Waals surface area contributed by atoms with E-state index in [1.54, 1.807) is 0 Å². The zero-order valence-corrected chi connectivity index (χ0v) is 20.1. The number of anilines is 1. The van der Waals surface area contributed by atoms with Crippen molar-refractivity contribution in [1.82, 2.24) is 10.2 Å². The molecule has 0 fully saturated rings. The number of benzene rings is 2. The molecular weight excluding hydrogens is 513 g/mol. The number of halogens is 1. The van der Waals surface area contributed by atoms with Crippen molar-refractivity contribution in [2.45, 2.75) is 44.9 Å². The lowest BCUT2D eigenvalue weighted by Crippen LogP contribution is -2.15. The monoisotopic (exact) mass is 537 g/mol. The molecule has 6 nitrogen and oxygen atoms in total. The highest BCUT2D eigenvalue weighted by atomic mass is 127. The van der Waals surface area contributed by atoms with Crippen LogP contribution in [0.4, 0.5) is 5.69 Å². The third-order valence-electron chi connectivity index (χ3n) is 4.38. The van der Waals surface area contributed by atoms with Gasteiger partial charge in [-0.25, -0.2) is 0 Å². The normalized spacial score (nSPS) is 11.0. The highest BCUT2D eigenvalue weighted by Gasteiger charge is 2.13. The molecule has 0 unspecified atom stereocenters. The molecule has 158 valence electrons. The van der Waals surface area contributed by atoms with Crippen molar-refractivity contribution in [3.63, 3.8) is 0 Å². The fourth-order valence-corrected chi connectivity index (χ4v) is 3.86. The molecule has 3 aromatic rings. The largest absolute Gasteiger partial charge is 0.484 e. The number of hydrogen-bond donors (Lipinski definition) is 1. The Bertz CT molecular complexity index is 990. The Hall–Kier alpha value is -2.07. The average molecular weight is 537 g/mol. The number of ether oxygens (including phenoxy) is 1. The average Bonchev–Trinajstić information content (AvgIpc) is 3.20. The van der Waals surface area contributed by atoms with Crippen molar-refractivity contribution in [2.75, 3.05) is 11.1 Å². The Kier molecular flexibility index (Phi) is 8.15. The molecule has 0 saturated heterocycles. The highest BCUT2D eigenvalue weighted by molar-refractivity contribution is 14.1. The number of nitrogens with one attached hydrogen (secondary N) is 1. The second-order valence-electron chi connectivity index (χ2n) is 6.97. The summed E-state index contributed by atoms with van der Waals surface area (Å²) in [6.07, 6.45) is 0.987. The Labute approximate surface area is 194 Å². The molecule has 0 aliphatic rings. The fraction of sp³-hybridized carbons (Fsp3) is 0.318. The third kappa shape index (κ3) is 6.46. The van der Waals surface area contributed by atoms with E-state index >= 15 is 0 Å². The van der Waals surface area contributed by atoms with Crippen molar-refractivity contribution in [3.05, 3.63) is 63.1 Å². The summed E-state index contributed by atoms with van der Waals surface area (Å²) in [5, 5.41) is 11.3. The first-order valence-corrected chi connectivity index (χ1v) is 11.8. The van der Waals surface area contributed by atoms with Crippen LogP contribution in [0, 0.1) is 3.57 Å². The van der Waals surface area contributed by atoms with Gasteiger partial charge >= 0.3 is 0 Å². The van der Waals surface area contributed by atoms with Gasteiger partial charge in [-0.1, -0.05) is 44.7 Å². The molecule has 1 N–H and O–H groups in total. The fourth-order valence-electron chi connectivity index (χ4n) is 2.76. The highest BCUT2D eigenvalue weighted by Crippen LogP contribution is 2.27. The van der Waals surface area contributed by atoms with Crippen LogP contribution in [0.5, 0.6) is 5.75 Å². The summed E-state index contributed by atoms with van der Waals surface area (Å²) in [4.78, 5) is 12.4. The van der Waals surface area contributed by atoms with Gasteiger partial charge in [-0.3, -0.25) is 4.79 Å². The maximum Gasteiger partial charge on any atom is 0.277 e. The van der Waals surface area contributed by atoms with Gasteiger partial charge in [0.25, 0.3) is 11.1 Å². The van der Waals surface area contributed by atoms with Gasteiger partial charge in [-0.2, -0.15) is 0 Å². The van der Waals surface area contributed by atoms with Gasteiger partial charge in [0.05, 0.1) is 5.75 Å². The first-order valence-electron chi connectivity index (χ1n) is 9.70. The number of nitrogens with zero attached hydrogens (tertiary/aromatic N) is 2. The van der Waals surface area contributed by atoms with Crippen molar-refractivity contribution in [3.8, 4) is 5.75 Å². The molecule has 0 spiro atoms. The predicted molar refractivity (Wildman–Crippen MR) is 127 cm³/mol. The number of hydrogen-bond acceptors (Lipinski definition) is 6. The van der Waals surface area contributed by atoms with Crippen LogP contribution < -0.4 is 10.1 Å². The van der Waals surface area contributed by atoms with Gasteiger partial charge in [-0.15, -0.1) is 10.2 Å². The maximum atomic E-state index is 12.4. The summed E-state index contributed by atoms with van der Waals surface area (Å²) in [6.45, 7) is 6.51. The molecular formula is C22H24IN3O3S. The molecule has 0 aliphatic heterocycles. The zero-order chi connectivity index (χ0) is 21.5. The molecule has 0 bridgehead atoms. The van der Waals surface area contributed by atoms with Gasteiger partial charge < -0.3 is 14.5 Å². The van der Waals surface area contributed by atoms with Crippen LogP contribution >= 0.6 is 34.4 Å². The number of amides is 1. The minimum absolute atomic E-state index is 0.116. The molecule has 0 atom stereocenters. The zero-order valence-electron chi connectivity index (χ0n) is 17.1. The summed E-state index contributed by atoms with van der Waals surface area (Å²) < 4.78 is 12.4. The molecule has 0 aliphatic carbocycles. The number of aryl methyl sites for hydroxylation is 1. The molecule has 1 heterocycles. The first kappa shape index (κ1) is 22.6. The van der Waals surface area contributed by atoms with Crippen molar-refractivity contribution in [1.29, 1.82) is 0 Å². The van der Waals surface area contributed by atoms with Crippen LogP contribution in [0.1, 0.15) is 43.7 Å². The maximum absolute atomic E-state index is 12.4. The molecule has 8 heteroatoms. The number of thioether (sulfide) groups is 1. The Morgan fingerprint density at radius 1 is 1.20 bits per heavy atom. The van der Waals surface area contributed by atoms with E-state index in [0.29, 0.717) is 17.0 Å². The van der Waals surface area contributed by atoms with Crippen LogP contribution in [0.2, 0.25) is 0 Å². The predicted octanol–water partition coefficient (Wildman–Crippen LogP) is 5.67. The Morgan fingerprint density at radius 3 is 2.67 bits per heavy atom. The Morgan fingerprint density at radius 2 is 1.97 bits per heavy atom. The standard InChI is InChI=1S/C22H24IN3O3S/c1-4-15-5-8-17(9-6-15)28-12-21-25-26-22(29-21)30-13-20(27)24-19-10-7-16(23)11-18(19)14(2)3/h5-11,14H,4,12-13H2,1-3H3,(H,24,27). The summed E-state index contributed by atoms with van der Waals surface area (Å²) in [6, 6.07) is 13.9. The van der Waals surface area contributed by atoms with Crippen LogP contribution in [0.15, 0.2) is 52.1 Å². The minimum Gasteiger partial charge on any atom is -0.484 e. The molecule has 1 aromatic heterocycles. The lowest BCUT2D eigenvalue weighted by Gasteiger charge is -2.14. The van der Waals surface area contributed by atoms with Crippen molar-refractivity contribution < 1.29 is 13.9 Å². The number of rotatable bonds is 9. The molecule has 2 aromatic carbocycles. The van der Waals surface area contributed by atoms with E-state index in [9.17, 15) is 4.79 Å². The minimum atomic E-state index is -0.116. The van der Waals surface area contributed by atoms with Crippen LogP contribution in [-0.2, 0) is 17.8 Å². The van der Waals surface area contributed by atoms with Gasteiger partial charge in [0.15, 0.2) is 6.61 Å². The van der Waals surface area contributed by atoms with Gasteiger partial charge in [0.1, 0.15) is 5.75 Å². The smallest absolute Gasteiger partial charge is 0.277 e. The molecule has 3 rings (SSSR count). The molecule has 0 saturated carbocycles. The second kappa shape index (κ2) is 10.8. The molecule has 0 radical (unpaired) electrons. The first-order chi connectivity index (χ1) is 14.4. The van der Waals surface area contributed by atoms with Crippen molar-refractivity contribution in [2.24, 2.45) is 0 Å². The van der Waals surface area contributed by atoms with E-state index in [-0.39, 0.29) is 18.3 Å². The summed E-state index contributed by atoms with van der Waals surface area (Å²) in [5.41, 5.74) is 3.21. The topological polar surface area (TPSA) is 77.2 Å². The summed E-state index contributed by atoms with van der Waals surface area (Å²) in [5.74, 6) is 1.51.